The molecule has 9 nitrogen and oxygen atoms in total. The second kappa shape index (κ2) is 9.38. The normalized spacial score (nSPS) is 13.2. The highest BCUT2D eigenvalue weighted by Gasteiger charge is 2.26. The van der Waals surface area contributed by atoms with Gasteiger partial charge in [0.1, 0.15) is 12.7 Å². The molecule has 0 saturated heterocycles. The van der Waals surface area contributed by atoms with E-state index >= 15 is 0 Å². The van der Waals surface area contributed by atoms with Crippen molar-refractivity contribution in [3.63, 3.8) is 0 Å². The third-order valence-corrected chi connectivity index (χ3v) is 3.34. The van der Waals surface area contributed by atoms with Crippen molar-refractivity contribution in [1.82, 2.24) is 5.32 Å². The zero-order valence-corrected chi connectivity index (χ0v) is 13.7. The second-order valence-electron chi connectivity index (χ2n) is 4.60. The first-order valence-electron chi connectivity index (χ1n) is 6.63. The maximum atomic E-state index is 11.6. The minimum atomic E-state index is -1.39. The second-order valence-corrected chi connectivity index (χ2v) is 5.69. The number of ether oxygens (including phenoxy) is 1. The lowest BCUT2D eigenvalue weighted by molar-refractivity contribution is -0.384. The summed E-state index contributed by atoms with van der Waals surface area (Å²) in [4.78, 5) is 31.4. The Kier molecular flexibility index (Phi) is 7.86. The summed E-state index contributed by atoms with van der Waals surface area (Å²) in [6, 6.07) is 3.93. The van der Waals surface area contributed by atoms with Crippen LogP contribution < -0.4 is 11.1 Å². The summed E-state index contributed by atoms with van der Waals surface area (Å²) >= 11 is 10.9. The van der Waals surface area contributed by atoms with Crippen LogP contribution in [0.3, 0.4) is 0 Å². The fraction of sp³-hybridized carbons (Fsp3) is 0.385. The van der Waals surface area contributed by atoms with Gasteiger partial charge in [-0.3, -0.25) is 19.7 Å². The molecule has 0 heterocycles. The predicted octanol–water partition coefficient (Wildman–Crippen LogP) is 0.419. The maximum Gasteiger partial charge on any atom is 0.319 e. The van der Waals surface area contributed by atoms with Crippen molar-refractivity contribution in [2.45, 2.75) is 17.0 Å². The lowest BCUT2D eigenvalue weighted by Crippen LogP contribution is -2.45. The molecule has 0 aliphatic rings. The van der Waals surface area contributed by atoms with E-state index in [0.717, 1.165) is 0 Å². The highest BCUT2D eigenvalue weighted by molar-refractivity contribution is 6.53. The van der Waals surface area contributed by atoms with Crippen molar-refractivity contribution < 1.29 is 24.4 Å². The molecule has 0 bridgehead atoms. The lowest BCUT2D eigenvalue weighted by atomic mass is 10.0. The van der Waals surface area contributed by atoms with E-state index in [9.17, 15) is 24.8 Å². The summed E-state index contributed by atoms with van der Waals surface area (Å²) < 4.78 is 4.81. The molecule has 1 aromatic rings. The van der Waals surface area contributed by atoms with Crippen LogP contribution in [0.4, 0.5) is 5.69 Å². The van der Waals surface area contributed by atoms with Gasteiger partial charge in [0.15, 0.2) is 4.84 Å². The van der Waals surface area contributed by atoms with Gasteiger partial charge in [-0.25, -0.2) is 0 Å². The molecule has 0 saturated carbocycles. The molecule has 1 amide bonds. The molecule has 1 rings (SSSR count). The summed E-state index contributed by atoms with van der Waals surface area (Å²) in [6.07, 6.45) is -1.33. The molecular formula is C13H15Cl2N3O6. The number of nitrogens with two attached hydrogens (primary N) is 1. The molecule has 0 aliphatic carbocycles. The Balaban J connectivity index is 2.91. The Labute approximate surface area is 146 Å². The summed E-state index contributed by atoms with van der Waals surface area (Å²) in [5.74, 6) is -1.54. The van der Waals surface area contributed by atoms with Crippen LogP contribution in [0.15, 0.2) is 24.3 Å². The van der Waals surface area contributed by atoms with Gasteiger partial charge in [0, 0.05) is 12.1 Å². The number of alkyl halides is 2. The quantitative estimate of drug-likeness (QED) is 0.256. The molecule has 4 N–H and O–H groups in total. The number of nitro groups is 1. The van der Waals surface area contributed by atoms with E-state index in [4.69, 9.17) is 33.7 Å². The average molecular weight is 380 g/mol. The number of halogens is 2. The Hall–Kier alpha value is -1.94. The number of carbonyl (C=O) groups is 2. The van der Waals surface area contributed by atoms with Crippen molar-refractivity contribution in [2.75, 3.05) is 13.2 Å². The van der Waals surface area contributed by atoms with E-state index in [1.54, 1.807) is 0 Å². The highest BCUT2D eigenvalue weighted by atomic mass is 35.5. The fourth-order valence-corrected chi connectivity index (χ4v) is 1.85. The Bertz CT molecular complexity index is 596. The molecule has 2 unspecified atom stereocenters. The number of nitrogens with one attached hydrogen (secondary N) is 1. The zero-order valence-electron chi connectivity index (χ0n) is 12.2. The van der Waals surface area contributed by atoms with Crippen LogP contribution in [0, 0.1) is 10.1 Å². The zero-order chi connectivity index (χ0) is 18.3. The van der Waals surface area contributed by atoms with E-state index in [1.165, 1.54) is 24.3 Å². The van der Waals surface area contributed by atoms with E-state index in [-0.39, 0.29) is 24.4 Å². The molecule has 1 aromatic carbocycles. The standard InChI is InChI=1S/C13H15Cl2N3O6/c14-12(15)13(21)17-9(6-24-10(19)5-16)11(20)7-1-3-8(4-2-7)18(22)23/h1-4,9,11-12,20H,5-6,16H2,(H,17,21). The largest absolute Gasteiger partial charge is 0.462 e. The van der Waals surface area contributed by atoms with Crippen LogP contribution in [-0.2, 0) is 14.3 Å². The van der Waals surface area contributed by atoms with Gasteiger partial charge in [0.2, 0.25) is 0 Å². The minimum absolute atomic E-state index is 0.164. The molecular weight excluding hydrogens is 365 g/mol. The molecule has 2 atom stereocenters. The number of non-ortho nitro benzene ring substituents is 1. The van der Waals surface area contributed by atoms with Crippen LogP contribution in [0.1, 0.15) is 11.7 Å². The molecule has 0 aliphatic heterocycles. The van der Waals surface area contributed by atoms with Crippen molar-refractivity contribution in [3.05, 3.63) is 39.9 Å². The highest BCUT2D eigenvalue weighted by Crippen LogP contribution is 2.21. The van der Waals surface area contributed by atoms with E-state index in [1.807, 2.05) is 0 Å². The van der Waals surface area contributed by atoms with Crippen LogP contribution in [-0.4, -0.2) is 45.9 Å². The molecule has 11 heteroatoms. The van der Waals surface area contributed by atoms with E-state index in [2.05, 4.69) is 5.32 Å². The minimum Gasteiger partial charge on any atom is -0.462 e. The van der Waals surface area contributed by atoms with Gasteiger partial charge in [0.25, 0.3) is 11.6 Å². The van der Waals surface area contributed by atoms with Crippen molar-refractivity contribution in [1.29, 1.82) is 0 Å². The van der Waals surface area contributed by atoms with Crippen LogP contribution in [0.5, 0.6) is 0 Å². The predicted molar refractivity (Wildman–Crippen MR) is 85.5 cm³/mol. The number of esters is 1. The summed E-state index contributed by atoms with van der Waals surface area (Å²) in [7, 11) is 0. The molecule has 132 valence electrons. The molecule has 0 radical (unpaired) electrons. The number of amides is 1. The Morgan fingerprint density at radius 2 is 1.92 bits per heavy atom. The third-order valence-electron chi connectivity index (χ3n) is 2.94. The first kappa shape index (κ1) is 20.1. The van der Waals surface area contributed by atoms with Gasteiger partial charge in [-0.1, -0.05) is 23.2 Å². The molecule has 24 heavy (non-hydrogen) atoms. The van der Waals surface area contributed by atoms with Gasteiger partial charge < -0.3 is 20.9 Å². The average Bonchev–Trinajstić information content (AvgIpc) is 2.57. The van der Waals surface area contributed by atoms with Gasteiger partial charge in [0.05, 0.1) is 17.5 Å². The molecule has 0 aromatic heterocycles. The number of carbonyl (C=O) groups excluding carboxylic acids is 2. The number of aliphatic hydroxyl groups excluding tert-OH is 1. The van der Waals surface area contributed by atoms with Crippen molar-refractivity contribution >= 4 is 40.8 Å². The van der Waals surface area contributed by atoms with Crippen LogP contribution in [0.2, 0.25) is 0 Å². The number of benzene rings is 1. The number of rotatable bonds is 8. The number of nitrogens with zero attached hydrogens (tertiary/aromatic N) is 1. The van der Waals surface area contributed by atoms with Crippen LogP contribution in [0.25, 0.3) is 0 Å². The van der Waals surface area contributed by atoms with Gasteiger partial charge in [-0.2, -0.15) is 0 Å². The monoisotopic (exact) mass is 379 g/mol. The summed E-state index contributed by atoms with van der Waals surface area (Å²) in [6.45, 7) is -0.762. The van der Waals surface area contributed by atoms with Crippen LogP contribution >= 0.6 is 23.2 Å². The summed E-state index contributed by atoms with van der Waals surface area (Å²) in [5.41, 5.74) is 5.20. The Morgan fingerprint density at radius 1 is 1.33 bits per heavy atom. The van der Waals surface area contributed by atoms with Crippen molar-refractivity contribution in [3.8, 4) is 0 Å². The fourth-order valence-electron chi connectivity index (χ4n) is 1.72. The SMILES string of the molecule is NCC(=O)OCC(NC(=O)C(Cl)Cl)C(O)c1ccc([N+](=O)[O-])cc1. The Morgan fingerprint density at radius 3 is 2.38 bits per heavy atom. The number of nitro benzene ring substituents is 1. The summed E-state index contributed by atoms with van der Waals surface area (Å²) in [5, 5.41) is 23.3. The van der Waals surface area contributed by atoms with E-state index in [0.29, 0.717) is 0 Å². The third kappa shape index (κ3) is 5.93. The lowest BCUT2D eigenvalue weighted by Gasteiger charge is -2.24. The van der Waals surface area contributed by atoms with E-state index < -0.39 is 33.8 Å². The first-order valence-corrected chi connectivity index (χ1v) is 7.50. The number of hydrogen-bond donors (Lipinski definition) is 3. The first-order chi connectivity index (χ1) is 11.3. The topological polar surface area (TPSA) is 145 Å². The molecule has 0 spiro atoms. The number of hydrogen-bond acceptors (Lipinski definition) is 7. The van der Waals surface area contributed by atoms with Gasteiger partial charge in [-0.15, -0.1) is 0 Å². The van der Waals surface area contributed by atoms with Gasteiger partial charge >= 0.3 is 5.97 Å². The van der Waals surface area contributed by atoms with Crippen molar-refractivity contribution in [2.24, 2.45) is 5.73 Å². The molecule has 0 fully saturated rings. The maximum absolute atomic E-state index is 11.6. The smallest absolute Gasteiger partial charge is 0.319 e. The number of aliphatic hydroxyl groups is 1. The van der Waals surface area contributed by atoms with Gasteiger partial charge in [-0.05, 0) is 17.7 Å².